The smallest absolute Gasteiger partial charge is 0.284 e. The summed E-state index contributed by atoms with van der Waals surface area (Å²) in [6, 6.07) is 4.23. The molecule has 0 bridgehead atoms. The van der Waals surface area contributed by atoms with Crippen molar-refractivity contribution in [2.24, 2.45) is 16.6 Å². The number of rotatable bonds is 5. The van der Waals surface area contributed by atoms with E-state index < -0.39 is 5.91 Å². The molecule has 1 amide bonds. The van der Waals surface area contributed by atoms with Gasteiger partial charge in [-0.25, -0.2) is 0 Å². The van der Waals surface area contributed by atoms with E-state index in [4.69, 9.17) is 10.2 Å². The lowest BCUT2D eigenvalue weighted by atomic mass is 10.1. The largest absolute Gasteiger partial charge is 0.454 e. The average molecular weight is 321 g/mol. The predicted octanol–water partition coefficient (Wildman–Crippen LogP) is 0.772. The van der Waals surface area contributed by atoms with E-state index in [0.29, 0.717) is 30.3 Å². The molecule has 23 heavy (non-hydrogen) atoms. The first-order valence-corrected chi connectivity index (χ1v) is 8.00. The summed E-state index contributed by atoms with van der Waals surface area (Å²) in [6.45, 7) is 9.23. The number of hydrogen-bond acceptors (Lipinski definition) is 4. The predicted molar refractivity (Wildman–Crippen MR) is 90.2 cm³/mol. The Kier molecular flexibility index (Phi) is 5.65. The number of nitrogens with one attached hydrogen (secondary N) is 2. The summed E-state index contributed by atoms with van der Waals surface area (Å²) in [5.74, 6) is 1.53. The molecule has 2 rings (SSSR count). The van der Waals surface area contributed by atoms with Crippen LogP contribution in [0.5, 0.6) is 0 Å². The second-order valence-electron chi connectivity index (χ2n) is 6.33. The van der Waals surface area contributed by atoms with E-state index in [2.05, 4.69) is 41.3 Å². The highest BCUT2D eigenvalue weighted by molar-refractivity contribution is 5.89. The van der Waals surface area contributed by atoms with Crippen molar-refractivity contribution in [3.8, 4) is 0 Å². The molecule has 2 heterocycles. The molecule has 0 radical (unpaired) electrons. The number of nitrogens with two attached hydrogens (primary N) is 1. The maximum absolute atomic E-state index is 11.0. The third-order valence-electron chi connectivity index (χ3n) is 4.25. The highest BCUT2D eigenvalue weighted by atomic mass is 16.3. The normalized spacial score (nSPS) is 22.6. The van der Waals surface area contributed by atoms with E-state index in [0.717, 1.165) is 19.0 Å². The second-order valence-corrected chi connectivity index (χ2v) is 6.33. The number of likely N-dealkylation sites (tertiary alicyclic amines) is 1. The summed E-state index contributed by atoms with van der Waals surface area (Å²) in [5, 5.41) is 6.67. The lowest BCUT2D eigenvalue weighted by Gasteiger charge is -2.21. The van der Waals surface area contributed by atoms with E-state index in [1.165, 1.54) is 0 Å². The highest BCUT2D eigenvalue weighted by Crippen LogP contribution is 2.18. The maximum Gasteiger partial charge on any atom is 0.284 e. The molecule has 1 aromatic heterocycles. The van der Waals surface area contributed by atoms with Gasteiger partial charge in [0, 0.05) is 32.2 Å². The molecule has 0 spiro atoms. The van der Waals surface area contributed by atoms with Crippen LogP contribution in [0.1, 0.15) is 37.1 Å². The van der Waals surface area contributed by atoms with Gasteiger partial charge in [-0.15, -0.1) is 0 Å². The van der Waals surface area contributed by atoms with Crippen molar-refractivity contribution in [2.45, 2.75) is 39.4 Å². The van der Waals surface area contributed by atoms with Crippen LogP contribution in [0.3, 0.4) is 0 Å². The van der Waals surface area contributed by atoms with Gasteiger partial charge in [-0.1, -0.05) is 6.92 Å². The Morgan fingerprint density at radius 3 is 2.74 bits per heavy atom. The number of carbonyl (C=O) groups is 1. The molecule has 0 saturated carbocycles. The molecule has 1 aliphatic heterocycles. The summed E-state index contributed by atoms with van der Waals surface area (Å²) in [7, 11) is 1.74. The zero-order chi connectivity index (χ0) is 17.0. The van der Waals surface area contributed by atoms with E-state index in [1.807, 2.05) is 0 Å². The SMILES string of the molecule is CN=C(NCc1ccc(C(N)=O)o1)NC1CN(C(C)C)CC1C. The number of nitrogens with zero attached hydrogens (tertiary/aromatic N) is 2. The van der Waals surface area contributed by atoms with Gasteiger partial charge >= 0.3 is 0 Å². The molecule has 1 fully saturated rings. The second kappa shape index (κ2) is 7.50. The number of guanidine groups is 1. The van der Waals surface area contributed by atoms with E-state index in [1.54, 1.807) is 19.2 Å². The highest BCUT2D eigenvalue weighted by Gasteiger charge is 2.31. The number of furan rings is 1. The lowest BCUT2D eigenvalue weighted by molar-refractivity contribution is 0.0972. The van der Waals surface area contributed by atoms with Crippen LogP contribution in [0.4, 0.5) is 0 Å². The molecule has 7 heteroatoms. The minimum Gasteiger partial charge on any atom is -0.454 e. The van der Waals surface area contributed by atoms with E-state index >= 15 is 0 Å². The van der Waals surface area contributed by atoms with Crippen molar-refractivity contribution in [3.05, 3.63) is 23.7 Å². The molecule has 2 atom stereocenters. The lowest BCUT2D eigenvalue weighted by Crippen LogP contribution is -2.46. The Hall–Kier alpha value is -2.02. The summed E-state index contributed by atoms with van der Waals surface area (Å²) in [4.78, 5) is 17.7. The van der Waals surface area contributed by atoms with Gasteiger partial charge in [0.05, 0.1) is 6.54 Å². The maximum atomic E-state index is 11.0. The molecule has 0 aliphatic carbocycles. The Bertz CT molecular complexity index is 567. The summed E-state index contributed by atoms with van der Waals surface area (Å²) >= 11 is 0. The number of hydrogen-bond donors (Lipinski definition) is 3. The van der Waals surface area contributed by atoms with Crippen LogP contribution < -0.4 is 16.4 Å². The third kappa shape index (κ3) is 4.48. The van der Waals surface area contributed by atoms with Crippen molar-refractivity contribution >= 4 is 11.9 Å². The molecular weight excluding hydrogens is 294 g/mol. The van der Waals surface area contributed by atoms with Gasteiger partial charge < -0.3 is 20.8 Å². The van der Waals surface area contributed by atoms with Gasteiger partial charge in [0.2, 0.25) is 0 Å². The Morgan fingerprint density at radius 1 is 1.48 bits per heavy atom. The van der Waals surface area contributed by atoms with Crippen molar-refractivity contribution in [2.75, 3.05) is 20.1 Å². The Morgan fingerprint density at radius 2 is 2.22 bits per heavy atom. The van der Waals surface area contributed by atoms with Crippen LogP contribution in [0.2, 0.25) is 0 Å². The molecular formula is C16H27N5O2. The number of carbonyl (C=O) groups excluding carboxylic acids is 1. The van der Waals surface area contributed by atoms with Crippen molar-refractivity contribution in [1.29, 1.82) is 0 Å². The fraction of sp³-hybridized carbons (Fsp3) is 0.625. The van der Waals surface area contributed by atoms with Gasteiger partial charge in [0.25, 0.3) is 5.91 Å². The van der Waals surface area contributed by atoms with Crippen LogP contribution in [0.15, 0.2) is 21.5 Å². The quantitative estimate of drug-likeness (QED) is 0.550. The fourth-order valence-corrected chi connectivity index (χ4v) is 2.76. The zero-order valence-corrected chi connectivity index (χ0v) is 14.3. The molecule has 1 aliphatic rings. The molecule has 1 saturated heterocycles. The summed E-state index contributed by atoms with van der Waals surface area (Å²) in [6.07, 6.45) is 0. The number of aliphatic imine (C=N–C) groups is 1. The molecule has 1 aromatic rings. The van der Waals surface area contributed by atoms with Gasteiger partial charge in [-0.2, -0.15) is 0 Å². The van der Waals surface area contributed by atoms with Gasteiger partial charge in [0.15, 0.2) is 11.7 Å². The van der Waals surface area contributed by atoms with Crippen LogP contribution >= 0.6 is 0 Å². The van der Waals surface area contributed by atoms with Crippen molar-refractivity contribution in [1.82, 2.24) is 15.5 Å². The molecule has 0 aromatic carbocycles. The zero-order valence-electron chi connectivity index (χ0n) is 14.3. The fourth-order valence-electron chi connectivity index (χ4n) is 2.76. The first-order chi connectivity index (χ1) is 10.9. The first kappa shape index (κ1) is 17.3. The van der Waals surface area contributed by atoms with Crippen LogP contribution in [-0.2, 0) is 6.54 Å². The van der Waals surface area contributed by atoms with Crippen LogP contribution in [0, 0.1) is 5.92 Å². The molecule has 4 N–H and O–H groups in total. The monoisotopic (exact) mass is 321 g/mol. The minimum atomic E-state index is -0.563. The topological polar surface area (TPSA) is 95.9 Å². The molecule has 128 valence electrons. The molecule has 2 unspecified atom stereocenters. The van der Waals surface area contributed by atoms with Crippen molar-refractivity contribution < 1.29 is 9.21 Å². The number of primary amides is 1. The Labute approximate surface area is 137 Å². The van der Waals surface area contributed by atoms with Crippen molar-refractivity contribution in [3.63, 3.8) is 0 Å². The van der Waals surface area contributed by atoms with Gasteiger partial charge in [-0.3, -0.25) is 14.7 Å². The minimum absolute atomic E-state index is 0.168. The summed E-state index contributed by atoms with van der Waals surface area (Å²) in [5.41, 5.74) is 5.18. The van der Waals surface area contributed by atoms with Crippen LogP contribution in [-0.4, -0.2) is 49.0 Å². The Balaban J connectivity index is 1.87. The van der Waals surface area contributed by atoms with Gasteiger partial charge in [0.1, 0.15) is 5.76 Å². The first-order valence-electron chi connectivity index (χ1n) is 8.00. The standard InChI is InChI=1S/C16H27N5O2/c1-10(2)21-8-11(3)13(9-21)20-16(18-4)19-7-12-5-6-14(23-12)15(17)22/h5-6,10-11,13H,7-9H2,1-4H3,(H2,17,22)(H2,18,19,20). The third-order valence-corrected chi connectivity index (χ3v) is 4.25. The van der Waals surface area contributed by atoms with Gasteiger partial charge in [-0.05, 0) is 31.9 Å². The van der Waals surface area contributed by atoms with E-state index in [-0.39, 0.29) is 5.76 Å². The van der Waals surface area contributed by atoms with Crippen LogP contribution in [0.25, 0.3) is 0 Å². The van der Waals surface area contributed by atoms with E-state index in [9.17, 15) is 4.79 Å². The summed E-state index contributed by atoms with van der Waals surface area (Å²) < 4.78 is 5.35. The average Bonchev–Trinajstić information content (AvgIpc) is 3.10. The number of amides is 1. The molecule has 7 nitrogen and oxygen atoms in total.